The molecular weight excluding hydrogens is 330 g/mol. The third-order valence-corrected chi connectivity index (χ3v) is 5.35. The Labute approximate surface area is 150 Å². The van der Waals surface area contributed by atoms with Crippen LogP contribution in [0.15, 0.2) is 0 Å². The summed E-state index contributed by atoms with van der Waals surface area (Å²) in [6, 6.07) is -0.364. The highest BCUT2D eigenvalue weighted by atomic mass is 35.5. The van der Waals surface area contributed by atoms with E-state index in [-0.39, 0.29) is 42.8 Å². The molecule has 0 aromatic rings. The summed E-state index contributed by atoms with van der Waals surface area (Å²) in [5.41, 5.74) is 0. The molecule has 138 valence electrons. The second-order valence-electron chi connectivity index (χ2n) is 7.19. The molecule has 0 aromatic carbocycles. The van der Waals surface area contributed by atoms with Gasteiger partial charge in [-0.3, -0.25) is 9.59 Å². The Bertz CT molecular complexity index is 435. The smallest absolute Gasteiger partial charge is 0.240 e. The summed E-state index contributed by atoms with van der Waals surface area (Å²) in [5.74, 6) is 0.877. The van der Waals surface area contributed by atoms with Crippen LogP contribution >= 0.6 is 12.4 Å². The molecule has 3 heterocycles. The van der Waals surface area contributed by atoms with Crippen LogP contribution in [0.5, 0.6) is 0 Å². The fourth-order valence-electron chi connectivity index (χ4n) is 3.73. The van der Waals surface area contributed by atoms with Crippen molar-refractivity contribution in [2.45, 2.75) is 51.2 Å². The van der Waals surface area contributed by atoms with Crippen molar-refractivity contribution in [3.63, 3.8) is 0 Å². The lowest BCUT2D eigenvalue weighted by Gasteiger charge is -2.36. The van der Waals surface area contributed by atoms with Crippen LogP contribution < -0.4 is 5.32 Å². The maximum atomic E-state index is 12.6. The molecule has 2 unspecified atom stereocenters. The highest BCUT2D eigenvalue weighted by Gasteiger charge is 2.33. The number of ether oxygens (including phenoxy) is 1. The highest BCUT2D eigenvalue weighted by Crippen LogP contribution is 2.19. The van der Waals surface area contributed by atoms with Crippen LogP contribution in [0.3, 0.4) is 0 Å². The Balaban J connectivity index is 0.00000208. The zero-order valence-corrected chi connectivity index (χ0v) is 15.4. The SMILES string of the molecule is CC1CCN(C(=O)CC2NCCN(CC3CCCO3)C2=O)CC1.Cl. The Morgan fingerprint density at radius 2 is 2.00 bits per heavy atom. The maximum absolute atomic E-state index is 12.6. The Morgan fingerprint density at radius 3 is 2.67 bits per heavy atom. The quantitative estimate of drug-likeness (QED) is 0.814. The number of likely N-dealkylation sites (tertiary alicyclic amines) is 1. The van der Waals surface area contributed by atoms with Gasteiger partial charge in [0.2, 0.25) is 11.8 Å². The van der Waals surface area contributed by atoms with E-state index in [9.17, 15) is 9.59 Å². The van der Waals surface area contributed by atoms with Crippen LogP contribution in [0.2, 0.25) is 0 Å². The first-order valence-corrected chi connectivity index (χ1v) is 9.05. The number of nitrogens with zero attached hydrogens (tertiary/aromatic N) is 2. The summed E-state index contributed by atoms with van der Waals surface area (Å²) in [5, 5.41) is 3.22. The van der Waals surface area contributed by atoms with E-state index >= 15 is 0 Å². The lowest BCUT2D eigenvalue weighted by atomic mass is 9.98. The van der Waals surface area contributed by atoms with Gasteiger partial charge in [-0.15, -0.1) is 12.4 Å². The van der Waals surface area contributed by atoms with E-state index in [0.29, 0.717) is 19.0 Å². The number of hydrogen-bond donors (Lipinski definition) is 1. The van der Waals surface area contributed by atoms with Gasteiger partial charge in [0.25, 0.3) is 0 Å². The van der Waals surface area contributed by atoms with Gasteiger partial charge in [-0.1, -0.05) is 6.92 Å². The molecule has 2 atom stereocenters. The molecule has 2 amide bonds. The molecule has 1 N–H and O–H groups in total. The summed E-state index contributed by atoms with van der Waals surface area (Å²) >= 11 is 0. The molecule has 6 nitrogen and oxygen atoms in total. The normalized spacial score (nSPS) is 28.8. The van der Waals surface area contributed by atoms with Crippen molar-refractivity contribution in [3.8, 4) is 0 Å². The van der Waals surface area contributed by atoms with E-state index in [1.54, 1.807) is 0 Å². The van der Waals surface area contributed by atoms with Crippen LogP contribution in [0, 0.1) is 5.92 Å². The van der Waals surface area contributed by atoms with Gasteiger partial charge >= 0.3 is 0 Å². The Morgan fingerprint density at radius 1 is 1.25 bits per heavy atom. The summed E-state index contributed by atoms with van der Waals surface area (Å²) in [7, 11) is 0. The number of halogens is 1. The number of rotatable bonds is 4. The predicted octanol–water partition coefficient (Wildman–Crippen LogP) is 1.04. The number of amides is 2. The van der Waals surface area contributed by atoms with Crippen molar-refractivity contribution in [3.05, 3.63) is 0 Å². The molecule has 3 aliphatic heterocycles. The van der Waals surface area contributed by atoms with Gasteiger partial charge in [0.05, 0.1) is 18.6 Å². The Hall–Kier alpha value is -0.850. The van der Waals surface area contributed by atoms with Crippen molar-refractivity contribution in [1.82, 2.24) is 15.1 Å². The molecule has 0 spiro atoms. The molecule has 24 heavy (non-hydrogen) atoms. The molecular formula is C17H30ClN3O3. The first-order valence-electron chi connectivity index (χ1n) is 9.05. The highest BCUT2D eigenvalue weighted by molar-refractivity contribution is 5.89. The van der Waals surface area contributed by atoms with E-state index in [4.69, 9.17) is 4.74 Å². The number of piperazine rings is 1. The second-order valence-corrected chi connectivity index (χ2v) is 7.19. The zero-order valence-electron chi connectivity index (χ0n) is 14.5. The number of carbonyl (C=O) groups excluding carboxylic acids is 2. The molecule has 0 saturated carbocycles. The van der Waals surface area contributed by atoms with E-state index in [2.05, 4.69) is 12.2 Å². The van der Waals surface area contributed by atoms with Crippen LogP contribution in [-0.2, 0) is 14.3 Å². The molecule has 7 heteroatoms. The first-order chi connectivity index (χ1) is 11.1. The number of hydrogen-bond acceptors (Lipinski definition) is 4. The molecule has 3 saturated heterocycles. The van der Waals surface area contributed by atoms with E-state index in [1.165, 1.54) is 0 Å². The van der Waals surface area contributed by atoms with Gasteiger partial charge in [0.15, 0.2) is 0 Å². The molecule has 3 fully saturated rings. The lowest BCUT2D eigenvalue weighted by molar-refractivity contribution is -0.142. The number of piperidine rings is 1. The second kappa shape index (κ2) is 9.02. The largest absolute Gasteiger partial charge is 0.376 e. The standard InChI is InChI=1S/C17H29N3O3.ClH/c1-13-4-7-19(8-5-13)16(21)11-15-17(22)20(9-6-18-15)12-14-3-2-10-23-14;/h13-15,18H,2-12H2,1H3;1H. The van der Waals surface area contributed by atoms with Gasteiger partial charge in [0.1, 0.15) is 0 Å². The van der Waals surface area contributed by atoms with Gasteiger partial charge in [-0.05, 0) is 31.6 Å². The average Bonchev–Trinajstić information content (AvgIpc) is 3.05. The zero-order chi connectivity index (χ0) is 16.2. The fraction of sp³-hybridized carbons (Fsp3) is 0.882. The van der Waals surface area contributed by atoms with Gasteiger partial charge < -0.3 is 19.9 Å². The Kier molecular flexibility index (Phi) is 7.32. The van der Waals surface area contributed by atoms with Crippen LogP contribution in [0.4, 0.5) is 0 Å². The van der Waals surface area contributed by atoms with Crippen LogP contribution in [0.1, 0.15) is 39.0 Å². The fourth-order valence-corrected chi connectivity index (χ4v) is 3.73. The van der Waals surface area contributed by atoms with Crippen molar-refractivity contribution in [1.29, 1.82) is 0 Å². The minimum atomic E-state index is -0.364. The molecule has 3 rings (SSSR count). The third-order valence-electron chi connectivity index (χ3n) is 5.35. The van der Waals surface area contributed by atoms with E-state index in [0.717, 1.165) is 51.9 Å². The number of carbonyl (C=O) groups is 2. The number of nitrogens with one attached hydrogen (secondary N) is 1. The van der Waals surface area contributed by atoms with Crippen molar-refractivity contribution in [2.24, 2.45) is 5.92 Å². The molecule has 3 aliphatic rings. The van der Waals surface area contributed by atoms with Gasteiger partial charge in [-0.25, -0.2) is 0 Å². The molecule has 0 aromatic heterocycles. The van der Waals surface area contributed by atoms with Crippen LogP contribution in [-0.4, -0.2) is 73.1 Å². The maximum Gasteiger partial charge on any atom is 0.240 e. The van der Waals surface area contributed by atoms with Crippen LogP contribution in [0.25, 0.3) is 0 Å². The average molecular weight is 360 g/mol. The lowest BCUT2D eigenvalue weighted by Crippen LogP contribution is -2.57. The topological polar surface area (TPSA) is 61.9 Å². The summed E-state index contributed by atoms with van der Waals surface area (Å²) in [4.78, 5) is 28.9. The van der Waals surface area contributed by atoms with Crippen molar-refractivity contribution >= 4 is 24.2 Å². The monoisotopic (exact) mass is 359 g/mol. The summed E-state index contributed by atoms with van der Waals surface area (Å²) in [6.07, 6.45) is 4.73. The third kappa shape index (κ3) is 4.83. The summed E-state index contributed by atoms with van der Waals surface area (Å²) in [6.45, 7) is 6.85. The van der Waals surface area contributed by atoms with E-state index in [1.807, 2.05) is 9.80 Å². The van der Waals surface area contributed by atoms with Crippen molar-refractivity contribution < 1.29 is 14.3 Å². The molecule has 0 bridgehead atoms. The first kappa shape index (κ1) is 19.5. The van der Waals surface area contributed by atoms with E-state index < -0.39 is 0 Å². The molecule has 0 aliphatic carbocycles. The predicted molar refractivity (Wildman–Crippen MR) is 94.2 cm³/mol. The minimum Gasteiger partial charge on any atom is -0.376 e. The van der Waals surface area contributed by atoms with Gasteiger partial charge in [0, 0.05) is 39.3 Å². The molecule has 0 radical (unpaired) electrons. The van der Waals surface area contributed by atoms with Crippen molar-refractivity contribution in [2.75, 3.05) is 39.3 Å². The summed E-state index contributed by atoms with van der Waals surface area (Å²) < 4.78 is 5.64. The van der Waals surface area contributed by atoms with Gasteiger partial charge in [-0.2, -0.15) is 0 Å². The minimum absolute atomic E-state index is 0.